The molecule has 1 fully saturated rings. The number of hydrogen-bond donors (Lipinski definition) is 1. The summed E-state index contributed by atoms with van der Waals surface area (Å²) in [5.74, 6) is 0. The van der Waals surface area contributed by atoms with Crippen molar-refractivity contribution >= 4 is 0 Å². The first kappa shape index (κ1) is 12.7. The van der Waals surface area contributed by atoms with Crippen molar-refractivity contribution in [3.63, 3.8) is 0 Å². The molecule has 1 saturated heterocycles. The first-order chi connectivity index (χ1) is 6.99. The van der Waals surface area contributed by atoms with Crippen molar-refractivity contribution in [1.82, 2.24) is 9.80 Å². The summed E-state index contributed by atoms with van der Waals surface area (Å²) in [5, 5.41) is 0. The molecule has 2 N–H and O–H groups in total. The predicted molar refractivity (Wildman–Crippen MR) is 52.6 cm³/mol. The minimum absolute atomic E-state index is 0.352. The van der Waals surface area contributed by atoms with Crippen LogP contribution in [-0.4, -0.2) is 61.3 Å². The van der Waals surface area contributed by atoms with Crippen LogP contribution in [-0.2, 0) is 0 Å². The van der Waals surface area contributed by atoms with E-state index < -0.39 is 12.2 Å². The van der Waals surface area contributed by atoms with Gasteiger partial charge in [0, 0.05) is 32.7 Å². The van der Waals surface area contributed by atoms with Crippen LogP contribution in [0.3, 0.4) is 0 Å². The van der Waals surface area contributed by atoms with E-state index >= 15 is 0 Å². The third-order valence-corrected chi connectivity index (χ3v) is 2.90. The van der Waals surface area contributed by atoms with E-state index in [2.05, 4.69) is 4.90 Å². The SMILES string of the molecule is CCN1CCN(C(CN)C(F)(F)F)CC1. The van der Waals surface area contributed by atoms with E-state index in [0.29, 0.717) is 26.2 Å². The molecule has 6 heteroatoms. The van der Waals surface area contributed by atoms with Gasteiger partial charge in [-0.25, -0.2) is 0 Å². The number of nitrogens with zero attached hydrogens (tertiary/aromatic N) is 2. The Balaban J connectivity index is 2.50. The Morgan fingerprint density at radius 3 is 2.07 bits per heavy atom. The number of rotatable bonds is 3. The van der Waals surface area contributed by atoms with Crippen LogP contribution >= 0.6 is 0 Å². The lowest BCUT2D eigenvalue weighted by molar-refractivity contribution is -0.184. The normalized spacial score (nSPS) is 23.0. The van der Waals surface area contributed by atoms with Crippen LogP contribution in [0.15, 0.2) is 0 Å². The number of halogens is 3. The Morgan fingerprint density at radius 2 is 1.73 bits per heavy atom. The number of alkyl halides is 3. The van der Waals surface area contributed by atoms with Crippen molar-refractivity contribution in [2.75, 3.05) is 39.3 Å². The number of nitrogens with two attached hydrogens (primary N) is 1. The summed E-state index contributed by atoms with van der Waals surface area (Å²) < 4.78 is 37.6. The topological polar surface area (TPSA) is 32.5 Å². The molecule has 0 radical (unpaired) electrons. The van der Waals surface area contributed by atoms with Crippen molar-refractivity contribution in [2.45, 2.75) is 19.1 Å². The zero-order valence-corrected chi connectivity index (χ0v) is 8.93. The van der Waals surface area contributed by atoms with E-state index in [1.807, 2.05) is 6.92 Å². The maximum atomic E-state index is 12.5. The Kier molecular flexibility index (Phi) is 4.36. The van der Waals surface area contributed by atoms with E-state index in [4.69, 9.17) is 5.73 Å². The van der Waals surface area contributed by atoms with Crippen molar-refractivity contribution in [2.24, 2.45) is 5.73 Å². The zero-order valence-electron chi connectivity index (χ0n) is 8.93. The molecule has 1 unspecified atom stereocenters. The summed E-state index contributed by atoms with van der Waals surface area (Å²) >= 11 is 0. The summed E-state index contributed by atoms with van der Waals surface area (Å²) in [6.07, 6.45) is -4.21. The second-order valence-electron chi connectivity index (χ2n) is 3.76. The molecule has 0 spiro atoms. The van der Waals surface area contributed by atoms with Gasteiger partial charge in [-0.3, -0.25) is 4.90 Å². The smallest absolute Gasteiger partial charge is 0.329 e. The first-order valence-corrected chi connectivity index (χ1v) is 5.22. The Morgan fingerprint density at radius 1 is 1.20 bits per heavy atom. The lowest BCUT2D eigenvalue weighted by Crippen LogP contribution is -2.57. The van der Waals surface area contributed by atoms with Gasteiger partial charge >= 0.3 is 6.18 Å². The van der Waals surface area contributed by atoms with Crippen molar-refractivity contribution < 1.29 is 13.2 Å². The van der Waals surface area contributed by atoms with Gasteiger partial charge < -0.3 is 10.6 Å². The molecule has 0 aliphatic carbocycles. The van der Waals surface area contributed by atoms with Crippen molar-refractivity contribution in [1.29, 1.82) is 0 Å². The second-order valence-corrected chi connectivity index (χ2v) is 3.76. The average molecular weight is 225 g/mol. The van der Waals surface area contributed by atoms with E-state index in [-0.39, 0.29) is 6.54 Å². The highest BCUT2D eigenvalue weighted by molar-refractivity contribution is 4.83. The van der Waals surface area contributed by atoms with E-state index in [9.17, 15) is 13.2 Å². The molecule has 1 aliphatic heterocycles. The predicted octanol–water partition coefficient (Wildman–Crippen LogP) is 0.513. The molecule has 0 aromatic carbocycles. The minimum Gasteiger partial charge on any atom is -0.329 e. The zero-order chi connectivity index (χ0) is 11.5. The number of likely N-dealkylation sites (N-methyl/N-ethyl adjacent to an activating group) is 1. The van der Waals surface area contributed by atoms with Crippen LogP contribution in [0, 0.1) is 0 Å². The fourth-order valence-electron chi connectivity index (χ4n) is 1.88. The van der Waals surface area contributed by atoms with Gasteiger partial charge in [-0.2, -0.15) is 13.2 Å². The van der Waals surface area contributed by atoms with Crippen molar-refractivity contribution in [3.05, 3.63) is 0 Å². The molecular formula is C9H18F3N3. The molecule has 1 heterocycles. The Labute approximate surface area is 88.0 Å². The van der Waals surface area contributed by atoms with Gasteiger partial charge in [-0.05, 0) is 6.54 Å². The van der Waals surface area contributed by atoms with Crippen LogP contribution in [0.5, 0.6) is 0 Å². The monoisotopic (exact) mass is 225 g/mol. The standard InChI is InChI=1S/C9H18F3N3/c1-2-14-3-5-15(6-4-14)8(7-13)9(10,11)12/h8H,2-7,13H2,1H3. The summed E-state index contributed by atoms with van der Waals surface area (Å²) in [7, 11) is 0. The molecule has 1 atom stereocenters. The summed E-state index contributed by atoms with van der Waals surface area (Å²) in [4.78, 5) is 3.58. The number of hydrogen-bond acceptors (Lipinski definition) is 3. The maximum absolute atomic E-state index is 12.5. The van der Waals surface area contributed by atoms with E-state index in [0.717, 1.165) is 6.54 Å². The fraction of sp³-hybridized carbons (Fsp3) is 1.00. The highest BCUT2D eigenvalue weighted by Gasteiger charge is 2.43. The largest absolute Gasteiger partial charge is 0.405 e. The first-order valence-electron chi connectivity index (χ1n) is 5.22. The van der Waals surface area contributed by atoms with Crippen LogP contribution in [0.4, 0.5) is 13.2 Å². The molecule has 0 saturated carbocycles. The Hall–Kier alpha value is -0.330. The molecule has 90 valence electrons. The van der Waals surface area contributed by atoms with Gasteiger partial charge in [0.2, 0.25) is 0 Å². The van der Waals surface area contributed by atoms with Crippen LogP contribution in [0.25, 0.3) is 0 Å². The highest BCUT2D eigenvalue weighted by atomic mass is 19.4. The minimum atomic E-state index is -4.21. The molecule has 1 aliphatic rings. The number of piperazine rings is 1. The molecule has 0 aromatic heterocycles. The molecular weight excluding hydrogens is 207 g/mol. The van der Waals surface area contributed by atoms with Gasteiger partial charge in [0.15, 0.2) is 0 Å². The van der Waals surface area contributed by atoms with E-state index in [1.165, 1.54) is 4.90 Å². The van der Waals surface area contributed by atoms with Gasteiger partial charge in [0.05, 0.1) is 0 Å². The van der Waals surface area contributed by atoms with Crippen LogP contribution in [0.1, 0.15) is 6.92 Å². The third kappa shape index (κ3) is 3.32. The summed E-state index contributed by atoms with van der Waals surface area (Å²) in [6, 6.07) is -1.48. The van der Waals surface area contributed by atoms with E-state index in [1.54, 1.807) is 0 Å². The van der Waals surface area contributed by atoms with Crippen molar-refractivity contribution in [3.8, 4) is 0 Å². The fourth-order valence-corrected chi connectivity index (χ4v) is 1.88. The maximum Gasteiger partial charge on any atom is 0.405 e. The van der Waals surface area contributed by atoms with Crippen LogP contribution < -0.4 is 5.73 Å². The molecule has 0 amide bonds. The quantitative estimate of drug-likeness (QED) is 0.759. The molecule has 3 nitrogen and oxygen atoms in total. The summed E-state index contributed by atoms with van der Waals surface area (Å²) in [5.41, 5.74) is 5.18. The Bertz CT molecular complexity index is 188. The van der Waals surface area contributed by atoms with Gasteiger partial charge in [-0.1, -0.05) is 6.92 Å². The lowest BCUT2D eigenvalue weighted by Gasteiger charge is -2.39. The second kappa shape index (κ2) is 5.14. The lowest BCUT2D eigenvalue weighted by atomic mass is 10.2. The molecule has 1 rings (SSSR count). The van der Waals surface area contributed by atoms with Gasteiger partial charge in [0.25, 0.3) is 0 Å². The molecule has 0 bridgehead atoms. The highest BCUT2D eigenvalue weighted by Crippen LogP contribution is 2.24. The van der Waals surface area contributed by atoms with Crippen LogP contribution in [0.2, 0.25) is 0 Å². The van der Waals surface area contributed by atoms with Gasteiger partial charge in [-0.15, -0.1) is 0 Å². The summed E-state index contributed by atoms with van der Waals surface area (Å²) in [6.45, 7) is 4.86. The average Bonchev–Trinajstić information content (AvgIpc) is 2.18. The van der Waals surface area contributed by atoms with Gasteiger partial charge in [0.1, 0.15) is 6.04 Å². The third-order valence-electron chi connectivity index (χ3n) is 2.90. The molecule has 15 heavy (non-hydrogen) atoms. The molecule has 0 aromatic rings.